The molecule has 100 valence electrons. The van der Waals surface area contributed by atoms with E-state index >= 15 is 0 Å². The average Bonchev–Trinajstić information content (AvgIpc) is 2.41. The first-order valence-corrected chi connectivity index (χ1v) is 5.50. The quantitative estimate of drug-likeness (QED) is 0.551. The van der Waals surface area contributed by atoms with Crippen molar-refractivity contribution in [3.8, 4) is 0 Å². The number of aliphatic carboxylic acids is 1. The Morgan fingerprint density at radius 3 is 1.75 bits per heavy atom. The Morgan fingerprint density at radius 2 is 1.40 bits per heavy atom. The van der Waals surface area contributed by atoms with Crippen molar-refractivity contribution < 1.29 is 48.4 Å². The maximum atomic E-state index is 11.6. The van der Waals surface area contributed by atoms with Gasteiger partial charge in [-0.2, -0.15) is 0 Å². The summed E-state index contributed by atoms with van der Waals surface area (Å²) in [6.07, 6.45) is 0.000833. The Morgan fingerprint density at radius 1 is 0.950 bits per heavy atom. The van der Waals surface area contributed by atoms with Crippen molar-refractivity contribution in [1.29, 1.82) is 0 Å². The molecule has 0 N–H and O–H groups in total. The van der Waals surface area contributed by atoms with Crippen LogP contribution in [0.15, 0.2) is 60.7 Å². The standard InChI is InChI=1S/C8H8O2.C6H5F2N.Na/c9-8(10)6-7-4-2-1-3-5-7;7-9(8)6-4-2-1-3-5-6;/h1-5H,6H2,(H,9,10);1-5H;/q;;+1/p-1. The van der Waals surface area contributed by atoms with Crippen LogP contribution in [-0.2, 0) is 11.2 Å². The summed E-state index contributed by atoms with van der Waals surface area (Å²) < 4.78 is 23.2. The molecule has 0 bridgehead atoms. The summed E-state index contributed by atoms with van der Waals surface area (Å²) >= 11 is 0. The number of hydrogen-bond acceptors (Lipinski definition) is 3. The van der Waals surface area contributed by atoms with E-state index in [2.05, 4.69) is 0 Å². The number of nitrogens with zero attached hydrogens (tertiary/aromatic N) is 1. The van der Waals surface area contributed by atoms with Crippen LogP contribution in [0.3, 0.4) is 0 Å². The Hall–Kier alpha value is -1.43. The van der Waals surface area contributed by atoms with Gasteiger partial charge in [-0.3, -0.25) is 0 Å². The fourth-order valence-corrected chi connectivity index (χ4v) is 1.30. The third-order valence-corrected chi connectivity index (χ3v) is 2.14. The Kier molecular flexibility index (Phi) is 9.63. The van der Waals surface area contributed by atoms with E-state index in [0.717, 1.165) is 5.56 Å². The van der Waals surface area contributed by atoms with Crippen LogP contribution in [0.4, 0.5) is 14.6 Å². The largest absolute Gasteiger partial charge is 1.00 e. The number of rotatable bonds is 3. The zero-order valence-electron chi connectivity index (χ0n) is 11.0. The van der Waals surface area contributed by atoms with Gasteiger partial charge in [0.1, 0.15) is 5.69 Å². The van der Waals surface area contributed by atoms with Gasteiger partial charge in [0.15, 0.2) is 0 Å². The number of para-hydroxylation sites is 1. The normalized spacial score (nSPS) is 8.70. The maximum Gasteiger partial charge on any atom is 1.00 e. The molecule has 0 aliphatic heterocycles. The number of carboxylic acids is 1. The van der Waals surface area contributed by atoms with Crippen LogP contribution in [0, 0.1) is 0 Å². The topological polar surface area (TPSA) is 43.4 Å². The summed E-state index contributed by atoms with van der Waals surface area (Å²) in [7, 11) is 0. The molecule has 2 rings (SSSR count). The minimum Gasteiger partial charge on any atom is -0.550 e. The fraction of sp³-hybridized carbons (Fsp3) is 0.0714. The first kappa shape index (κ1) is 18.6. The second-order valence-corrected chi connectivity index (χ2v) is 3.60. The SMILES string of the molecule is FN(F)c1ccccc1.O=C([O-])Cc1ccccc1.[Na+]. The summed E-state index contributed by atoms with van der Waals surface area (Å²) in [5.41, 5.74) is 0.694. The zero-order chi connectivity index (χ0) is 14.1. The number of carbonyl (C=O) groups excluding carboxylic acids is 1. The van der Waals surface area contributed by atoms with Gasteiger partial charge in [-0.1, -0.05) is 57.5 Å². The Labute approximate surface area is 138 Å². The summed E-state index contributed by atoms with van der Waals surface area (Å²) in [4.78, 5) is 10.1. The van der Waals surface area contributed by atoms with E-state index in [9.17, 15) is 18.9 Å². The minimum absolute atomic E-state index is 0. The second kappa shape index (κ2) is 10.4. The van der Waals surface area contributed by atoms with E-state index in [1.54, 1.807) is 42.5 Å². The van der Waals surface area contributed by atoms with E-state index in [1.807, 2.05) is 6.07 Å². The van der Waals surface area contributed by atoms with E-state index < -0.39 is 11.3 Å². The average molecular weight is 287 g/mol. The monoisotopic (exact) mass is 287 g/mol. The van der Waals surface area contributed by atoms with Crippen molar-refractivity contribution in [1.82, 2.24) is 0 Å². The van der Waals surface area contributed by atoms with Crippen molar-refractivity contribution in [3.63, 3.8) is 0 Å². The summed E-state index contributed by atoms with van der Waals surface area (Å²) in [5.74, 6) is -1.04. The molecule has 2 aromatic rings. The van der Waals surface area contributed by atoms with Gasteiger partial charge >= 0.3 is 29.6 Å². The first-order chi connectivity index (χ1) is 9.09. The van der Waals surface area contributed by atoms with Crippen molar-refractivity contribution in [3.05, 3.63) is 66.2 Å². The third-order valence-electron chi connectivity index (χ3n) is 2.14. The number of carboxylic acid groups (broad SMARTS) is 1. The van der Waals surface area contributed by atoms with Crippen molar-refractivity contribution in [2.75, 3.05) is 5.34 Å². The molecule has 0 atom stereocenters. The minimum atomic E-state index is -1.04. The molecule has 0 saturated heterocycles. The molecule has 20 heavy (non-hydrogen) atoms. The van der Waals surface area contributed by atoms with Crippen LogP contribution in [-0.4, -0.2) is 5.97 Å². The molecular formula is C14H12F2NNaO2. The predicted octanol–water partition coefficient (Wildman–Crippen LogP) is -0.755. The number of hydrogen-bond donors (Lipinski definition) is 0. The number of benzene rings is 2. The molecule has 0 aliphatic rings. The molecule has 0 unspecified atom stereocenters. The fourth-order valence-electron chi connectivity index (χ4n) is 1.30. The van der Waals surface area contributed by atoms with Crippen molar-refractivity contribution in [2.45, 2.75) is 6.42 Å². The summed E-state index contributed by atoms with van der Waals surface area (Å²) in [5, 5.41) is 9.14. The zero-order valence-corrected chi connectivity index (χ0v) is 13.0. The van der Waals surface area contributed by atoms with Crippen LogP contribution in [0.1, 0.15) is 5.56 Å². The summed E-state index contributed by atoms with van der Waals surface area (Å²) in [6.45, 7) is 0. The number of anilines is 1. The molecule has 0 aliphatic carbocycles. The molecule has 0 amide bonds. The Balaban J connectivity index is 0.000000345. The summed E-state index contributed by atoms with van der Waals surface area (Å²) in [6, 6.07) is 16.4. The first-order valence-electron chi connectivity index (χ1n) is 5.50. The van der Waals surface area contributed by atoms with Gasteiger partial charge in [-0.25, -0.2) is 0 Å². The van der Waals surface area contributed by atoms with Gasteiger partial charge in [0, 0.05) is 12.4 Å². The number of carbonyl (C=O) groups is 1. The molecule has 6 heteroatoms. The van der Waals surface area contributed by atoms with Gasteiger partial charge in [0.25, 0.3) is 0 Å². The number of halogens is 2. The molecule has 3 nitrogen and oxygen atoms in total. The van der Waals surface area contributed by atoms with Crippen LogP contribution in [0.2, 0.25) is 0 Å². The van der Waals surface area contributed by atoms with Crippen LogP contribution < -0.4 is 40.0 Å². The molecule has 0 fully saturated rings. The molecule has 2 aromatic carbocycles. The molecule has 0 radical (unpaired) electrons. The van der Waals surface area contributed by atoms with Crippen LogP contribution in [0.5, 0.6) is 0 Å². The van der Waals surface area contributed by atoms with Gasteiger partial charge in [0.05, 0.1) is 0 Å². The van der Waals surface area contributed by atoms with E-state index in [-0.39, 0.29) is 41.7 Å². The predicted molar refractivity (Wildman–Crippen MR) is 66.3 cm³/mol. The van der Waals surface area contributed by atoms with Gasteiger partial charge < -0.3 is 9.90 Å². The second-order valence-electron chi connectivity index (χ2n) is 3.60. The third kappa shape index (κ3) is 7.89. The maximum absolute atomic E-state index is 11.6. The molecule has 0 heterocycles. The smallest absolute Gasteiger partial charge is 0.550 e. The van der Waals surface area contributed by atoms with E-state index in [1.165, 1.54) is 12.1 Å². The van der Waals surface area contributed by atoms with Crippen LogP contribution in [0.25, 0.3) is 0 Å². The van der Waals surface area contributed by atoms with Gasteiger partial charge in [-0.05, 0) is 23.0 Å². The van der Waals surface area contributed by atoms with Crippen LogP contribution >= 0.6 is 0 Å². The van der Waals surface area contributed by atoms with Crippen molar-refractivity contribution in [2.24, 2.45) is 0 Å². The molecule has 0 spiro atoms. The van der Waals surface area contributed by atoms with Gasteiger partial charge in [0.2, 0.25) is 0 Å². The molecule has 0 saturated carbocycles. The molecular weight excluding hydrogens is 275 g/mol. The Bertz CT molecular complexity index is 495. The molecule has 0 aromatic heterocycles. The van der Waals surface area contributed by atoms with Gasteiger partial charge in [-0.15, -0.1) is 0 Å². The van der Waals surface area contributed by atoms with Crippen molar-refractivity contribution >= 4 is 11.7 Å². The van der Waals surface area contributed by atoms with E-state index in [0.29, 0.717) is 0 Å². The van der Waals surface area contributed by atoms with E-state index in [4.69, 9.17) is 0 Å².